The zero-order valence-corrected chi connectivity index (χ0v) is 12.8. The van der Waals surface area contributed by atoms with Crippen LogP contribution in [-0.2, 0) is 4.79 Å². The van der Waals surface area contributed by atoms with E-state index in [2.05, 4.69) is 0 Å². The third kappa shape index (κ3) is 3.82. The van der Waals surface area contributed by atoms with Gasteiger partial charge >= 0.3 is 0 Å². The number of hydrogen-bond donors (Lipinski definition) is 0. The fourth-order valence-corrected chi connectivity index (χ4v) is 2.55. The molecular formula is C15H18FN3O4. The normalized spacial score (nSPS) is 15.2. The average Bonchev–Trinajstić information content (AvgIpc) is 2.79. The molecule has 0 spiro atoms. The van der Waals surface area contributed by atoms with E-state index < -0.39 is 22.3 Å². The van der Waals surface area contributed by atoms with E-state index in [9.17, 15) is 24.1 Å². The van der Waals surface area contributed by atoms with Crippen LogP contribution in [-0.4, -0.2) is 52.7 Å². The molecule has 1 aliphatic heterocycles. The summed E-state index contributed by atoms with van der Waals surface area (Å²) < 4.78 is 14.0. The van der Waals surface area contributed by atoms with Crippen molar-refractivity contribution in [1.29, 1.82) is 0 Å². The molecule has 23 heavy (non-hydrogen) atoms. The van der Waals surface area contributed by atoms with E-state index >= 15 is 0 Å². The number of carbonyl (C=O) groups is 2. The summed E-state index contributed by atoms with van der Waals surface area (Å²) in [5.74, 6) is -1.39. The van der Waals surface area contributed by atoms with E-state index in [1.54, 1.807) is 11.8 Å². The molecule has 0 N–H and O–H groups in total. The summed E-state index contributed by atoms with van der Waals surface area (Å²) >= 11 is 0. The van der Waals surface area contributed by atoms with E-state index in [-0.39, 0.29) is 11.5 Å². The van der Waals surface area contributed by atoms with E-state index in [0.29, 0.717) is 39.0 Å². The van der Waals surface area contributed by atoms with Gasteiger partial charge in [-0.05, 0) is 12.5 Å². The molecule has 124 valence electrons. The zero-order valence-electron chi connectivity index (χ0n) is 12.8. The minimum Gasteiger partial charge on any atom is -0.341 e. The second-order valence-corrected chi connectivity index (χ2v) is 5.30. The predicted octanol–water partition coefficient (Wildman–Crippen LogP) is 1.82. The summed E-state index contributed by atoms with van der Waals surface area (Å²) in [6.45, 7) is 3.50. The van der Waals surface area contributed by atoms with Gasteiger partial charge in [-0.3, -0.25) is 19.7 Å². The van der Waals surface area contributed by atoms with Crippen LogP contribution in [0, 0.1) is 15.9 Å². The predicted molar refractivity (Wildman–Crippen MR) is 80.4 cm³/mol. The molecule has 0 aliphatic carbocycles. The second kappa shape index (κ2) is 7.17. The number of benzene rings is 1. The van der Waals surface area contributed by atoms with Crippen molar-refractivity contribution in [2.45, 2.75) is 19.8 Å². The minimum atomic E-state index is -0.907. The lowest BCUT2D eigenvalue weighted by Crippen LogP contribution is -2.37. The summed E-state index contributed by atoms with van der Waals surface area (Å²) in [5.41, 5.74) is -0.583. The molecule has 1 saturated heterocycles. The van der Waals surface area contributed by atoms with E-state index in [0.717, 1.165) is 18.2 Å². The first-order valence-corrected chi connectivity index (χ1v) is 7.45. The maximum absolute atomic E-state index is 14.0. The highest BCUT2D eigenvalue weighted by Crippen LogP contribution is 2.19. The summed E-state index contributed by atoms with van der Waals surface area (Å²) in [4.78, 5) is 37.2. The molecule has 8 heteroatoms. The molecule has 2 rings (SSSR count). The molecule has 0 radical (unpaired) electrons. The molecule has 1 aromatic rings. The Kier molecular flexibility index (Phi) is 5.25. The van der Waals surface area contributed by atoms with E-state index in [1.165, 1.54) is 4.90 Å². The zero-order chi connectivity index (χ0) is 17.0. The van der Waals surface area contributed by atoms with Gasteiger partial charge in [-0.2, -0.15) is 0 Å². The number of non-ortho nitro benzene ring substituents is 1. The Hall–Kier alpha value is -2.51. The number of nitrogens with zero attached hydrogens (tertiary/aromatic N) is 3. The van der Waals surface area contributed by atoms with Gasteiger partial charge in [-0.15, -0.1) is 0 Å². The largest absolute Gasteiger partial charge is 0.341 e. The molecule has 1 aliphatic rings. The standard InChI is InChI=1S/C15H18FN3O4/c1-2-14(20)17-6-3-7-18(9-8-17)15(21)12-5-4-11(19(22)23)10-13(12)16/h4-5,10H,2-3,6-9H2,1H3. The fourth-order valence-electron chi connectivity index (χ4n) is 2.55. The molecule has 0 aromatic heterocycles. The molecule has 1 heterocycles. The SMILES string of the molecule is CCC(=O)N1CCCN(C(=O)c2ccc([N+](=O)[O-])cc2F)CC1. The van der Waals surface area contributed by atoms with Crippen molar-refractivity contribution in [3.8, 4) is 0 Å². The third-order valence-electron chi connectivity index (χ3n) is 3.83. The first-order chi connectivity index (χ1) is 10.9. The van der Waals surface area contributed by atoms with Gasteiger partial charge in [-0.25, -0.2) is 4.39 Å². The van der Waals surface area contributed by atoms with Gasteiger partial charge in [-0.1, -0.05) is 6.92 Å². The number of halogens is 1. The van der Waals surface area contributed by atoms with Crippen molar-refractivity contribution in [1.82, 2.24) is 9.80 Å². The Morgan fingerprint density at radius 1 is 1.22 bits per heavy atom. The Labute approximate surface area is 132 Å². The van der Waals surface area contributed by atoms with Crippen LogP contribution >= 0.6 is 0 Å². The molecule has 7 nitrogen and oxygen atoms in total. The lowest BCUT2D eigenvalue weighted by atomic mass is 10.1. The number of hydrogen-bond acceptors (Lipinski definition) is 4. The third-order valence-corrected chi connectivity index (χ3v) is 3.83. The number of carbonyl (C=O) groups excluding carboxylic acids is 2. The van der Waals surface area contributed by atoms with Crippen molar-refractivity contribution in [3.63, 3.8) is 0 Å². The second-order valence-electron chi connectivity index (χ2n) is 5.30. The lowest BCUT2D eigenvalue weighted by molar-refractivity contribution is -0.385. The molecule has 0 atom stereocenters. The fraction of sp³-hybridized carbons (Fsp3) is 0.467. The quantitative estimate of drug-likeness (QED) is 0.627. The summed E-state index contributed by atoms with van der Waals surface area (Å²) in [5, 5.41) is 10.6. The maximum Gasteiger partial charge on any atom is 0.272 e. The van der Waals surface area contributed by atoms with Gasteiger partial charge in [0.2, 0.25) is 5.91 Å². The van der Waals surface area contributed by atoms with E-state index in [4.69, 9.17) is 0 Å². The van der Waals surface area contributed by atoms with Crippen LogP contribution in [0.5, 0.6) is 0 Å². The van der Waals surface area contributed by atoms with Gasteiger partial charge in [0.25, 0.3) is 11.6 Å². The number of amides is 2. The van der Waals surface area contributed by atoms with Crippen molar-refractivity contribution < 1.29 is 18.9 Å². The minimum absolute atomic E-state index is 0.0285. The van der Waals surface area contributed by atoms with Gasteiger partial charge < -0.3 is 9.80 Å². The van der Waals surface area contributed by atoms with Crippen molar-refractivity contribution in [2.75, 3.05) is 26.2 Å². The Morgan fingerprint density at radius 3 is 2.48 bits per heavy atom. The van der Waals surface area contributed by atoms with Crippen LogP contribution in [0.4, 0.5) is 10.1 Å². The van der Waals surface area contributed by atoms with Crippen molar-refractivity contribution in [2.24, 2.45) is 0 Å². The van der Waals surface area contributed by atoms with Crippen molar-refractivity contribution >= 4 is 17.5 Å². The Balaban J connectivity index is 2.11. The highest BCUT2D eigenvalue weighted by atomic mass is 19.1. The molecule has 0 bridgehead atoms. The summed E-state index contributed by atoms with van der Waals surface area (Å²) in [6, 6.07) is 2.99. The van der Waals surface area contributed by atoms with Gasteiger partial charge in [0.1, 0.15) is 5.82 Å². The number of rotatable bonds is 3. The number of nitro benzene ring substituents is 1. The number of nitro groups is 1. The average molecular weight is 323 g/mol. The van der Waals surface area contributed by atoms with Crippen molar-refractivity contribution in [3.05, 3.63) is 39.7 Å². The lowest BCUT2D eigenvalue weighted by Gasteiger charge is -2.22. The molecule has 1 aromatic carbocycles. The first kappa shape index (κ1) is 16.9. The molecule has 2 amide bonds. The molecule has 1 fully saturated rings. The summed E-state index contributed by atoms with van der Waals surface area (Å²) in [7, 11) is 0. The smallest absolute Gasteiger partial charge is 0.272 e. The monoisotopic (exact) mass is 323 g/mol. The highest BCUT2D eigenvalue weighted by Gasteiger charge is 2.24. The van der Waals surface area contributed by atoms with Crippen LogP contribution < -0.4 is 0 Å². The summed E-state index contributed by atoms with van der Waals surface area (Å²) in [6.07, 6.45) is 1.02. The molecular weight excluding hydrogens is 305 g/mol. The Morgan fingerprint density at radius 2 is 1.87 bits per heavy atom. The van der Waals surface area contributed by atoms with Crippen LogP contribution in [0.1, 0.15) is 30.1 Å². The van der Waals surface area contributed by atoms with Gasteiger partial charge in [0, 0.05) is 38.7 Å². The van der Waals surface area contributed by atoms with Gasteiger partial charge in [0.05, 0.1) is 16.6 Å². The van der Waals surface area contributed by atoms with Gasteiger partial charge in [0.15, 0.2) is 0 Å². The maximum atomic E-state index is 14.0. The van der Waals surface area contributed by atoms with Crippen LogP contribution in [0.2, 0.25) is 0 Å². The van der Waals surface area contributed by atoms with Crippen LogP contribution in [0.25, 0.3) is 0 Å². The van der Waals surface area contributed by atoms with Crippen LogP contribution in [0.3, 0.4) is 0 Å². The Bertz CT molecular complexity index is 635. The molecule has 0 unspecified atom stereocenters. The highest BCUT2D eigenvalue weighted by molar-refractivity contribution is 5.94. The van der Waals surface area contributed by atoms with E-state index in [1.807, 2.05) is 0 Å². The topological polar surface area (TPSA) is 83.8 Å². The molecule has 0 saturated carbocycles. The van der Waals surface area contributed by atoms with Crippen LogP contribution in [0.15, 0.2) is 18.2 Å². The first-order valence-electron chi connectivity index (χ1n) is 7.45.